The molecule has 1 aromatic heterocycles. The molecule has 1 atom stereocenters. The van der Waals surface area contributed by atoms with Gasteiger partial charge in [-0.25, -0.2) is 4.98 Å². The number of nitrogens with zero attached hydrogens (tertiary/aromatic N) is 3. The first-order chi connectivity index (χ1) is 9.06. The zero-order valence-corrected chi connectivity index (χ0v) is 13.0. The molecule has 19 heavy (non-hydrogen) atoms. The fourth-order valence-electron chi connectivity index (χ4n) is 2.10. The molecule has 0 aromatic carbocycles. The summed E-state index contributed by atoms with van der Waals surface area (Å²) in [7, 11) is 0. The van der Waals surface area contributed by atoms with E-state index in [4.69, 9.17) is 0 Å². The zero-order valence-electron chi connectivity index (χ0n) is 13.0. The highest BCUT2D eigenvalue weighted by molar-refractivity contribution is 5.34. The Morgan fingerprint density at radius 2 is 1.89 bits per heavy atom. The van der Waals surface area contributed by atoms with E-state index in [-0.39, 0.29) is 0 Å². The van der Waals surface area contributed by atoms with Gasteiger partial charge in [-0.1, -0.05) is 13.8 Å². The van der Waals surface area contributed by atoms with Crippen LogP contribution in [0.15, 0.2) is 6.20 Å². The summed E-state index contributed by atoms with van der Waals surface area (Å²) in [4.78, 5) is 11.3. The minimum absolute atomic E-state index is 0.437. The molecule has 0 aliphatic carbocycles. The van der Waals surface area contributed by atoms with Crippen LogP contribution in [-0.4, -0.2) is 40.5 Å². The van der Waals surface area contributed by atoms with Gasteiger partial charge in [0.05, 0.1) is 17.6 Å². The van der Waals surface area contributed by atoms with Crippen LogP contribution in [0.3, 0.4) is 0 Å². The Morgan fingerprint density at radius 3 is 2.47 bits per heavy atom. The van der Waals surface area contributed by atoms with Crippen molar-refractivity contribution >= 4 is 5.82 Å². The molecule has 0 aliphatic rings. The third kappa shape index (κ3) is 5.55. The number of aromatic nitrogens is 2. The van der Waals surface area contributed by atoms with E-state index in [1.165, 1.54) is 13.0 Å². The number of anilines is 1. The van der Waals surface area contributed by atoms with Crippen molar-refractivity contribution in [2.75, 3.05) is 25.0 Å². The van der Waals surface area contributed by atoms with Crippen molar-refractivity contribution < 1.29 is 0 Å². The average Bonchev–Trinajstić information content (AvgIpc) is 2.39. The normalized spacial score (nSPS) is 12.7. The Kier molecular flexibility index (Phi) is 6.78. The summed E-state index contributed by atoms with van der Waals surface area (Å²) in [6.45, 7) is 14.1. The molecule has 0 spiro atoms. The van der Waals surface area contributed by atoms with Gasteiger partial charge >= 0.3 is 0 Å². The predicted molar refractivity (Wildman–Crippen MR) is 81.6 cm³/mol. The fourth-order valence-corrected chi connectivity index (χ4v) is 2.10. The topological polar surface area (TPSA) is 41.0 Å². The summed E-state index contributed by atoms with van der Waals surface area (Å²) in [5, 5.41) is 3.43. The fraction of sp³-hybridized carbons (Fsp3) is 0.733. The SMILES string of the molecule is CCN(CC)CCCC(C)Nc1cnc(C)c(C)n1. The Hall–Kier alpha value is -1.16. The van der Waals surface area contributed by atoms with Crippen LogP contribution in [0.4, 0.5) is 5.82 Å². The van der Waals surface area contributed by atoms with E-state index in [1.807, 2.05) is 20.0 Å². The third-order valence-electron chi connectivity index (χ3n) is 3.59. The van der Waals surface area contributed by atoms with Gasteiger partial charge in [0.1, 0.15) is 5.82 Å². The van der Waals surface area contributed by atoms with Gasteiger partial charge in [-0.3, -0.25) is 4.98 Å². The highest BCUT2D eigenvalue weighted by atomic mass is 15.1. The number of aryl methyl sites for hydroxylation is 2. The minimum atomic E-state index is 0.437. The lowest BCUT2D eigenvalue weighted by molar-refractivity contribution is 0.295. The zero-order chi connectivity index (χ0) is 14.3. The standard InChI is InChI=1S/C15H28N4/c1-6-19(7-2)10-8-9-12(3)17-15-11-16-13(4)14(5)18-15/h11-12H,6-10H2,1-5H3,(H,17,18). The molecular formula is C15H28N4. The van der Waals surface area contributed by atoms with Crippen molar-refractivity contribution in [3.8, 4) is 0 Å². The molecule has 0 bridgehead atoms. The quantitative estimate of drug-likeness (QED) is 0.783. The molecule has 4 nitrogen and oxygen atoms in total. The van der Waals surface area contributed by atoms with Crippen molar-refractivity contribution in [3.63, 3.8) is 0 Å². The van der Waals surface area contributed by atoms with Gasteiger partial charge in [-0.05, 0) is 53.2 Å². The van der Waals surface area contributed by atoms with Crippen LogP contribution in [0.2, 0.25) is 0 Å². The van der Waals surface area contributed by atoms with E-state index in [2.05, 4.69) is 41.0 Å². The monoisotopic (exact) mass is 264 g/mol. The van der Waals surface area contributed by atoms with Gasteiger partial charge in [0.25, 0.3) is 0 Å². The second kappa shape index (κ2) is 8.10. The summed E-state index contributed by atoms with van der Waals surface area (Å²) in [6, 6.07) is 0.437. The molecule has 1 rings (SSSR count). The lowest BCUT2D eigenvalue weighted by atomic mass is 10.1. The third-order valence-corrected chi connectivity index (χ3v) is 3.59. The van der Waals surface area contributed by atoms with E-state index < -0.39 is 0 Å². The maximum Gasteiger partial charge on any atom is 0.145 e. The van der Waals surface area contributed by atoms with E-state index in [9.17, 15) is 0 Å². The Bertz CT molecular complexity index is 374. The first-order valence-electron chi connectivity index (χ1n) is 7.35. The van der Waals surface area contributed by atoms with E-state index >= 15 is 0 Å². The molecular weight excluding hydrogens is 236 g/mol. The summed E-state index contributed by atoms with van der Waals surface area (Å²) < 4.78 is 0. The highest BCUT2D eigenvalue weighted by Crippen LogP contribution is 2.09. The Balaban J connectivity index is 2.34. The molecule has 0 amide bonds. The molecule has 0 radical (unpaired) electrons. The van der Waals surface area contributed by atoms with Gasteiger partial charge in [0.2, 0.25) is 0 Å². The smallest absolute Gasteiger partial charge is 0.145 e. The predicted octanol–water partition coefficient (Wildman–Crippen LogP) is 3.02. The average molecular weight is 264 g/mol. The van der Waals surface area contributed by atoms with Gasteiger partial charge < -0.3 is 10.2 Å². The second-order valence-electron chi connectivity index (χ2n) is 5.14. The number of nitrogens with one attached hydrogen (secondary N) is 1. The number of hydrogen-bond donors (Lipinski definition) is 1. The maximum atomic E-state index is 4.50. The molecule has 0 saturated carbocycles. The van der Waals surface area contributed by atoms with E-state index in [0.717, 1.165) is 36.7 Å². The Labute approximate surface area is 117 Å². The molecule has 1 heterocycles. The summed E-state index contributed by atoms with van der Waals surface area (Å²) in [5.41, 5.74) is 2.00. The molecule has 0 aliphatic heterocycles. The summed E-state index contributed by atoms with van der Waals surface area (Å²) >= 11 is 0. The first-order valence-corrected chi connectivity index (χ1v) is 7.35. The molecule has 0 fully saturated rings. The van der Waals surface area contributed by atoms with Crippen LogP contribution >= 0.6 is 0 Å². The minimum Gasteiger partial charge on any atom is -0.366 e. The summed E-state index contributed by atoms with van der Waals surface area (Å²) in [5.74, 6) is 0.887. The van der Waals surface area contributed by atoms with Gasteiger partial charge in [0, 0.05) is 6.04 Å². The Morgan fingerprint density at radius 1 is 1.21 bits per heavy atom. The molecule has 0 saturated heterocycles. The summed E-state index contributed by atoms with van der Waals surface area (Å²) in [6.07, 6.45) is 4.20. The van der Waals surface area contributed by atoms with Gasteiger partial charge in [-0.15, -0.1) is 0 Å². The van der Waals surface area contributed by atoms with Crippen molar-refractivity contribution in [1.82, 2.24) is 14.9 Å². The lowest BCUT2D eigenvalue weighted by Crippen LogP contribution is -2.25. The van der Waals surface area contributed by atoms with Gasteiger partial charge in [0.15, 0.2) is 0 Å². The molecule has 108 valence electrons. The largest absolute Gasteiger partial charge is 0.366 e. The number of hydrogen-bond acceptors (Lipinski definition) is 4. The molecule has 4 heteroatoms. The van der Waals surface area contributed by atoms with Crippen LogP contribution in [0.1, 0.15) is 45.0 Å². The van der Waals surface area contributed by atoms with Crippen LogP contribution in [0.25, 0.3) is 0 Å². The van der Waals surface area contributed by atoms with Crippen molar-refractivity contribution in [2.24, 2.45) is 0 Å². The second-order valence-corrected chi connectivity index (χ2v) is 5.14. The van der Waals surface area contributed by atoms with Crippen molar-refractivity contribution in [2.45, 2.75) is 53.5 Å². The molecule has 1 unspecified atom stereocenters. The van der Waals surface area contributed by atoms with Crippen LogP contribution < -0.4 is 5.32 Å². The van der Waals surface area contributed by atoms with Crippen LogP contribution in [0, 0.1) is 13.8 Å². The van der Waals surface area contributed by atoms with Crippen molar-refractivity contribution in [1.29, 1.82) is 0 Å². The molecule has 1 aromatic rings. The molecule has 1 N–H and O–H groups in total. The van der Waals surface area contributed by atoms with E-state index in [0.29, 0.717) is 6.04 Å². The maximum absolute atomic E-state index is 4.50. The van der Waals surface area contributed by atoms with Crippen LogP contribution in [0.5, 0.6) is 0 Å². The van der Waals surface area contributed by atoms with E-state index in [1.54, 1.807) is 0 Å². The lowest BCUT2D eigenvalue weighted by Gasteiger charge is -2.20. The van der Waals surface area contributed by atoms with Crippen LogP contribution in [-0.2, 0) is 0 Å². The van der Waals surface area contributed by atoms with Gasteiger partial charge in [-0.2, -0.15) is 0 Å². The highest BCUT2D eigenvalue weighted by Gasteiger charge is 2.06. The number of rotatable bonds is 8. The first kappa shape index (κ1) is 15.9. The van der Waals surface area contributed by atoms with Crippen molar-refractivity contribution in [3.05, 3.63) is 17.6 Å².